The van der Waals surface area contributed by atoms with Crippen LogP contribution < -0.4 is 4.80 Å². The number of rotatable bonds is 4. The summed E-state index contributed by atoms with van der Waals surface area (Å²) in [6, 6.07) is 8.67. The van der Waals surface area contributed by atoms with Crippen LogP contribution in [-0.4, -0.2) is 25.2 Å². The minimum atomic E-state index is -4.88. The Balaban J connectivity index is 2.14. The van der Waals surface area contributed by atoms with Crippen LogP contribution in [-0.2, 0) is 22.0 Å². The summed E-state index contributed by atoms with van der Waals surface area (Å²) in [4.78, 5) is 37.2. The van der Waals surface area contributed by atoms with E-state index < -0.39 is 32.3 Å². The van der Waals surface area contributed by atoms with Crippen molar-refractivity contribution in [1.29, 1.82) is 0 Å². The number of halogens is 3. The van der Waals surface area contributed by atoms with E-state index in [1.54, 1.807) is 18.2 Å². The Kier molecular flexibility index (Phi) is 5.50. The molecule has 2 N–H and O–H groups in total. The first-order valence-corrected chi connectivity index (χ1v) is 9.80. The maximum atomic E-state index is 12.9. The minimum absolute atomic E-state index is 0.0660. The van der Waals surface area contributed by atoms with Gasteiger partial charge in [0.2, 0.25) is 0 Å². The molecule has 1 aromatic carbocycles. The molecule has 0 aliphatic carbocycles. The number of nitrogens with zero attached hydrogens (tertiary/aromatic N) is 3. The van der Waals surface area contributed by atoms with Crippen LogP contribution in [0.1, 0.15) is 16.1 Å². The molecule has 2 heterocycles. The lowest BCUT2D eigenvalue weighted by atomic mass is 10.2. The van der Waals surface area contributed by atoms with E-state index in [0.29, 0.717) is 0 Å². The smallest absolute Gasteiger partial charge is 0.303 e. The molecular weight excluding hydrogens is 422 g/mol. The van der Waals surface area contributed by atoms with Gasteiger partial charge in [0.05, 0.1) is 16.4 Å². The molecule has 0 fully saturated rings. The quantitative estimate of drug-likeness (QED) is 0.612. The van der Waals surface area contributed by atoms with Crippen molar-refractivity contribution in [3.05, 3.63) is 58.7 Å². The first kappa shape index (κ1) is 20.4. The highest BCUT2D eigenvalue weighted by molar-refractivity contribution is 7.46. The fourth-order valence-corrected chi connectivity index (χ4v) is 3.49. The summed E-state index contributed by atoms with van der Waals surface area (Å²) in [5.74, 6) is -0.680. The number of amides is 1. The van der Waals surface area contributed by atoms with E-state index in [-0.39, 0.29) is 20.6 Å². The monoisotopic (exact) mass is 433 g/mol. The first-order chi connectivity index (χ1) is 13.0. The summed E-state index contributed by atoms with van der Waals surface area (Å²) in [5.41, 5.74) is -0.840. The minimum Gasteiger partial charge on any atom is -0.303 e. The van der Waals surface area contributed by atoms with Crippen molar-refractivity contribution in [2.45, 2.75) is 12.9 Å². The molecule has 2 aromatic heterocycles. The van der Waals surface area contributed by atoms with E-state index in [2.05, 4.69) is 14.5 Å². The van der Waals surface area contributed by atoms with Gasteiger partial charge in [-0.2, -0.15) is 18.2 Å². The zero-order valence-corrected chi connectivity index (χ0v) is 15.4. The lowest BCUT2D eigenvalue weighted by Gasteiger charge is -2.08. The molecule has 0 radical (unpaired) electrons. The Hall–Kier alpha value is -2.37. The van der Waals surface area contributed by atoms with Gasteiger partial charge in [-0.1, -0.05) is 29.5 Å². The van der Waals surface area contributed by atoms with Gasteiger partial charge in [0.25, 0.3) is 5.91 Å². The fraction of sp³-hybridized carbons (Fsp3) is 0.133. The molecule has 0 saturated heterocycles. The first-order valence-electron chi connectivity index (χ1n) is 7.45. The highest BCUT2D eigenvalue weighted by Crippen LogP contribution is 2.36. The van der Waals surface area contributed by atoms with Gasteiger partial charge in [0, 0.05) is 5.56 Å². The van der Waals surface area contributed by atoms with E-state index in [4.69, 9.17) is 9.79 Å². The van der Waals surface area contributed by atoms with E-state index in [0.717, 1.165) is 28.2 Å². The molecule has 3 aromatic rings. The van der Waals surface area contributed by atoms with Crippen LogP contribution >= 0.6 is 19.2 Å². The molecule has 0 bridgehead atoms. The molecule has 0 aliphatic rings. The normalized spacial score (nSPS) is 13.2. The Labute approximate surface area is 158 Å². The standard InChI is InChI=1S/C15H11F3N3O5PS/c16-15(17,18)12-6-11-10(7-19-12)21(8-26-27(23,24)25)14(28-11)20-13(22)9-4-2-1-3-5-9/h1-7H,8H2,(H2,23,24,25). The second kappa shape index (κ2) is 7.57. The number of benzene rings is 1. The molecule has 8 nitrogen and oxygen atoms in total. The van der Waals surface area contributed by atoms with Crippen molar-refractivity contribution in [3.63, 3.8) is 0 Å². The van der Waals surface area contributed by atoms with Gasteiger partial charge in [-0.05, 0) is 18.2 Å². The van der Waals surface area contributed by atoms with Crippen LogP contribution in [0.5, 0.6) is 0 Å². The molecule has 0 unspecified atom stereocenters. The van der Waals surface area contributed by atoms with Gasteiger partial charge in [0.1, 0.15) is 12.4 Å². The number of thiazole rings is 1. The third-order valence-corrected chi connectivity index (χ3v) is 4.93. The lowest BCUT2D eigenvalue weighted by Crippen LogP contribution is -2.18. The van der Waals surface area contributed by atoms with Crippen molar-refractivity contribution in [2.75, 3.05) is 0 Å². The maximum Gasteiger partial charge on any atom is 0.471 e. The highest BCUT2D eigenvalue weighted by Gasteiger charge is 2.33. The van der Waals surface area contributed by atoms with E-state index in [1.807, 2.05) is 0 Å². The molecule has 13 heteroatoms. The summed E-state index contributed by atoms with van der Waals surface area (Å²) < 4.78 is 55.2. The molecule has 28 heavy (non-hydrogen) atoms. The Morgan fingerprint density at radius 1 is 1.29 bits per heavy atom. The summed E-state index contributed by atoms with van der Waals surface area (Å²) >= 11 is 0.730. The third-order valence-electron chi connectivity index (χ3n) is 3.43. The summed E-state index contributed by atoms with van der Waals surface area (Å²) in [7, 11) is -4.88. The molecule has 0 atom stereocenters. The van der Waals surface area contributed by atoms with Crippen molar-refractivity contribution in [1.82, 2.24) is 9.55 Å². The number of hydrogen-bond acceptors (Lipinski definition) is 5. The van der Waals surface area contributed by atoms with Crippen molar-refractivity contribution in [2.24, 2.45) is 4.99 Å². The molecule has 3 rings (SSSR count). The Bertz CT molecular complexity index is 1140. The van der Waals surface area contributed by atoms with Crippen LogP contribution in [0.15, 0.2) is 47.6 Å². The van der Waals surface area contributed by atoms with Crippen molar-refractivity contribution < 1.29 is 36.8 Å². The van der Waals surface area contributed by atoms with Gasteiger partial charge < -0.3 is 9.79 Å². The largest absolute Gasteiger partial charge is 0.471 e. The zero-order chi connectivity index (χ0) is 20.5. The van der Waals surface area contributed by atoms with Crippen LogP contribution in [0.3, 0.4) is 0 Å². The number of hydrogen-bond donors (Lipinski definition) is 2. The van der Waals surface area contributed by atoms with Gasteiger partial charge in [-0.3, -0.25) is 13.9 Å². The number of phosphoric acid groups is 1. The van der Waals surface area contributed by atoms with Gasteiger partial charge >= 0.3 is 14.0 Å². The Morgan fingerprint density at radius 2 is 1.96 bits per heavy atom. The molecule has 0 saturated carbocycles. The SMILES string of the molecule is O=C(N=c1sc2cc(C(F)(F)F)ncc2n1COP(=O)(O)O)c1ccccc1. The van der Waals surface area contributed by atoms with Gasteiger partial charge in [-0.15, -0.1) is 0 Å². The third kappa shape index (κ3) is 4.72. The van der Waals surface area contributed by atoms with Crippen LogP contribution in [0.25, 0.3) is 10.2 Å². The predicted molar refractivity (Wildman–Crippen MR) is 92.1 cm³/mol. The number of alkyl halides is 3. The van der Waals surface area contributed by atoms with Gasteiger partial charge in [-0.25, -0.2) is 9.55 Å². The molecule has 0 aliphatic heterocycles. The molecule has 148 valence electrons. The number of carbonyl (C=O) groups excluding carboxylic acids is 1. The number of carbonyl (C=O) groups is 1. The van der Waals surface area contributed by atoms with Gasteiger partial charge in [0.15, 0.2) is 4.80 Å². The topological polar surface area (TPSA) is 114 Å². The average Bonchev–Trinajstić information content (AvgIpc) is 2.95. The summed E-state index contributed by atoms with van der Waals surface area (Å²) in [5, 5.41) is 0. The van der Waals surface area contributed by atoms with Crippen molar-refractivity contribution >= 4 is 35.3 Å². The second-order valence-corrected chi connectivity index (χ2v) is 7.63. The zero-order valence-electron chi connectivity index (χ0n) is 13.7. The maximum absolute atomic E-state index is 12.9. The average molecular weight is 433 g/mol. The molecular formula is C15H11F3N3O5PS. The van der Waals surface area contributed by atoms with Crippen LogP contribution in [0.4, 0.5) is 13.2 Å². The fourth-order valence-electron chi connectivity index (χ4n) is 2.20. The number of pyridine rings is 1. The second-order valence-electron chi connectivity index (χ2n) is 5.38. The number of aromatic nitrogens is 2. The van der Waals surface area contributed by atoms with E-state index in [9.17, 15) is 22.5 Å². The van der Waals surface area contributed by atoms with E-state index >= 15 is 0 Å². The molecule has 1 amide bonds. The lowest BCUT2D eigenvalue weighted by molar-refractivity contribution is -0.141. The Morgan fingerprint density at radius 3 is 2.57 bits per heavy atom. The highest BCUT2D eigenvalue weighted by atomic mass is 32.1. The van der Waals surface area contributed by atoms with Crippen LogP contribution in [0, 0.1) is 0 Å². The summed E-state index contributed by atoms with van der Waals surface area (Å²) in [6.45, 7) is -0.738. The number of fused-ring (bicyclic) bond motifs is 1. The number of phosphoric ester groups is 1. The van der Waals surface area contributed by atoms with Crippen LogP contribution in [0.2, 0.25) is 0 Å². The van der Waals surface area contributed by atoms with E-state index in [1.165, 1.54) is 12.1 Å². The molecule has 0 spiro atoms. The van der Waals surface area contributed by atoms with Crippen molar-refractivity contribution in [3.8, 4) is 0 Å². The summed E-state index contributed by atoms with van der Waals surface area (Å²) in [6.07, 6.45) is -3.80. The predicted octanol–water partition coefficient (Wildman–Crippen LogP) is 2.92.